The van der Waals surface area contributed by atoms with Crippen LogP contribution in [-0.4, -0.2) is 11.7 Å². The molecule has 1 amide bonds. The van der Waals surface area contributed by atoms with Gasteiger partial charge < -0.3 is 5.32 Å². The number of halogens is 2. The Morgan fingerprint density at radius 3 is 2.71 bits per heavy atom. The number of benzene rings is 2. The van der Waals surface area contributed by atoms with Crippen LogP contribution < -0.4 is 5.32 Å². The van der Waals surface area contributed by atoms with Gasteiger partial charge in [0.15, 0.2) is 0 Å². The topological polar surface area (TPSA) is 29.1 Å². The van der Waals surface area contributed by atoms with Crippen LogP contribution in [0.3, 0.4) is 0 Å². The van der Waals surface area contributed by atoms with Crippen molar-refractivity contribution in [1.82, 2.24) is 0 Å². The van der Waals surface area contributed by atoms with Gasteiger partial charge >= 0.3 is 0 Å². The van der Waals surface area contributed by atoms with Gasteiger partial charge in [-0.3, -0.25) is 4.79 Å². The van der Waals surface area contributed by atoms with Crippen molar-refractivity contribution < 1.29 is 13.6 Å². The third-order valence-corrected chi connectivity index (χ3v) is 3.79. The smallest absolute Gasteiger partial charge is 0.234 e. The second-order valence-electron chi connectivity index (χ2n) is 4.65. The number of anilines is 1. The van der Waals surface area contributed by atoms with E-state index in [1.807, 2.05) is 25.1 Å². The van der Waals surface area contributed by atoms with Crippen LogP contribution in [0.1, 0.15) is 11.1 Å². The minimum atomic E-state index is -0.771. The zero-order chi connectivity index (χ0) is 15.2. The lowest BCUT2D eigenvalue weighted by Gasteiger charge is -2.06. The van der Waals surface area contributed by atoms with Crippen molar-refractivity contribution in [3.8, 4) is 0 Å². The molecular formula is C16H15F2NOS. The molecule has 0 radical (unpaired) electrons. The van der Waals surface area contributed by atoms with Gasteiger partial charge in [0.05, 0.1) is 11.4 Å². The van der Waals surface area contributed by atoms with Crippen molar-refractivity contribution in [2.45, 2.75) is 12.7 Å². The van der Waals surface area contributed by atoms with Gasteiger partial charge in [-0.05, 0) is 24.6 Å². The number of carbonyl (C=O) groups excluding carboxylic acids is 1. The van der Waals surface area contributed by atoms with E-state index in [2.05, 4.69) is 11.4 Å². The molecule has 110 valence electrons. The Morgan fingerprint density at radius 1 is 1.19 bits per heavy atom. The van der Waals surface area contributed by atoms with Crippen molar-refractivity contribution in [3.05, 3.63) is 65.2 Å². The summed E-state index contributed by atoms with van der Waals surface area (Å²) in [4.78, 5) is 11.7. The normalized spacial score (nSPS) is 10.4. The van der Waals surface area contributed by atoms with Crippen LogP contribution in [0.15, 0.2) is 42.5 Å². The summed E-state index contributed by atoms with van der Waals surface area (Å²) in [6.45, 7) is 2.01. The molecule has 0 aliphatic rings. The number of thioether (sulfide) groups is 1. The zero-order valence-corrected chi connectivity index (χ0v) is 12.3. The number of aryl methyl sites for hydroxylation is 1. The predicted octanol–water partition coefficient (Wildman–Crippen LogP) is 4.15. The highest BCUT2D eigenvalue weighted by molar-refractivity contribution is 7.99. The minimum absolute atomic E-state index is 0.00226. The van der Waals surface area contributed by atoms with Gasteiger partial charge in [0.1, 0.15) is 11.6 Å². The van der Waals surface area contributed by atoms with Gasteiger partial charge in [0.2, 0.25) is 5.91 Å². The molecule has 2 nitrogen and oxygen atoms in total. The highest BCUT2D eigenvalue weighted by Gasteiger charge is 2.08. The van der Waals surface area contributed by atoms with Crippen LogP contribution in [-0.2, 0) is 10.5 Å². The van der Waals surface area contributed by atoms with Crippen LogP contribution in [0.4, 0.5) is 14.5 Å². The molecule has 0 heterocycles. The molecule has 0 spiro atoms. The summed E-state index contributed by atoms with van der Waals surface area (Å²) >= 11 is 1.44. The molecular weight excluding hydrogens is 292 g/mol. The maximum absolute atomic E-state index is 13.4. The number of amides is 1. The van der Waals surface area contributed by atoms with Crippen LogP contribution in [0.5, 0.6) is 0 Å². The summed E-state index contributed by atoms with van der Waals surface area (Å²) in [5.74, 6) is -0.823. The molecule has 0 saturated heterocycles. The summed E-state index contributed by atoms with van der Waals surface area (Å²) in [5, 5.41) is 2.43. The number of nitrogens with one attached hydrogen (secondary N) is 1. The monoisotopic (exact) mass is 307 g/mol. The Bertz CT molecular complexity index is 646. The van der Waals surface area contributed by atoms with Crippen molar-refractivity contribution in [2.24, 2.45) is 0 Å². The highest BCUT2D eigenvalue weighted by atomic mass is 32.2. The molecule has 2 aromatic carbocycles. The van der Waals surface area contributed by atoms with Crippen LogP contribution in [0.2, 0.25) is 0 Å². The van der Waals surface area contributed by atoms with E-state index < -0.39 is 11.6 Å². The predicted molar refractivity (Wildman–Crippen MR) is 82.3 cm³/mol. The molecule has 2 aromatic rings. The van der Waals surface area contributed by atoms with Crippen molar-refractivity contribution in [1.29, 1.82) is 0 Å². The second kappa shape index (κ2) is 7.22. The largest absolute Gasteiger partial charge is 0.323 e. The van der Waals surface area contributed by atoms with E-state index in [1.165, 1.54) is 23.4 Å². The Hall–Kier alpha value is -1.88. The first kappa shape index (κ1) is 15.5. The molecule has 0 aliphatic heterocycles. The molecule has 5 heteroatoms. The third kappa shape index (κ3) is 4.86. The number of hydrogen-bond acceptors (Lipinski definition) is 2. The van der Waals surface area contributed by atoms with E-state index in [9.17, 15) is 13.6 Å². The SMILES string of the molecule is Cc1cccc(CSCC(=O)Nc2ccc(F)cc2F)c1. The van der Waals surface area contributed by atoms with E-state index in [1.54, 1.807) is 0 Å². The first-order chi connectivity index (χ1) is 10.0. The average molecular weight is 307 g/mol. The Balaban J connectivity index is 1.82. The van der Waals surface area contributed by atoms with Crippen molar-refractivity contribution in [3.63, 3.8) is 0 Å². The van der Waals surface area contributed by atoms with Gasteiger partial charge in [0, 0.05) is 11.8 Å². The fourth-order valence-corrected chi connectivity index (χ4v) is 2.62. The summed E-state index contributed by atoms with van der Waals surface area (Å²) < 4.78 is 26.1. The fraction of sp³-hybridized carbons (Fsp3) is 0.188. The summed E-state index contributed by atoms with van der Waals surface area (Å²) in [7, 11) is 0. The fourth-order valence-electron chi connectivity index (χ4n) is 1.84. The van der Waals surface area contributed by atoms with E-state index in [0.29, 0.717) is 5.75 Å². The Labute approximate surface area is 126 Å². The van der Waals surface area contributed by atoms with Crippen LogP contribution >= 0.6 is 11.8 Å². The molecule has 2 rings (SSSR count). The number of carbonyl (C=O) groups is 1. The van der Waals surface area contributed by atoms with Crippen molar-refractivity contribution in [2.75, 3.05) is 11.1 Å². The summed E-state index contributed by atoms with van der Waals surface area (Å²) in [5.41, 5.74) is 2.31. The summed E-state index contributed by atoms with van der Waals surface area (Å²) in [6.07, 6.45) is 0. The molecule has 1 N–H and O–H groups in total. The van der Waals surface area contributed by atoms with Gasteiger partial charge in [-0.25, -0.2) is 8.78 Å². The quantitative estimate of drug-likeness (QED) is 0.899. The third-order valence-electron chi connectivity index (χ3n) is 2.79. The molecule has 0 fully saturated rings. The molecule has 0 aliphatic carbocycles. The van der Waals surface area contributed by atoms with Crippen LogP contribution in [0.25, 0.3) is 0 Å². The lowest BCUT2D eigenvalue weighted by atomic mass is 10.2. The van der Waals surface area contributed by atoms with Crippen molar-refractivity contribution >= 4 is 23.4 Å². The molecule has 0 atom stereocenters. The second-order valence-corrected chi connectivity index (χ2v) is 5.64. The maximum atomic E-state index is 13.4. The van der Waals surface area contributed by atoms with Gasteiger partial charge in [-0.15, -0.1) is 11.8 Å². The Kier molecular flexibility index (Phi) is 5.33. The molecule has 0 unspecified atom stereocenters. The average Bonchev–Trinajstić information content (AvgIpc) is 2.42. The van der Waals surface area contributed by atoms with Crippen LogP contribution in [0, 0.1) is 18.6 Å². The van der Waals surface area contributed by atoms with Gasteiger partial charge in [-0.1, -0.05) is 29.8 Å². The van der Waals surface area contributed by atoms with E-state index in [-0.39, 0.29) is 17.3 Å². The van der Waals surface area contributed by atoms with Gasteiger partial charge in [-0.2, -0.15) is 0 Å². The molecule has 0 bridgehead atoms. The number of rotatable bonds is 5. The highest BCUT2D eigenvalue weighted by Crippen LogP contribution is 2.17. The lowest BCUT2D eigenvalue weighted by Crippen LogP contribution is -2.15. The first-order valence-electron chi connectivity index (χ1n) is 6.43. The van der Waals surface area contributed by atoms with E-state index >= 15 is 0 Å². The maximum Gasteiger partial charge on any atom is 0.234 e. The molecule has 0 saturated carbocycles. The lowest BCUT2D eigenvalue weighted by molar-refractivity contribution is -0.113. The first-order valence-corrected chi connectivity index (χ1v) is 7.58. The standard InChI is InChI=1S/C16H15F2NOS/c1-11-3-2-4-12(7-11)9-21-10-16(20)19-15-6-5-13(17)8-14(15)18/h2-8H,9-10H2,1H3,(H,19,20). The zero-order valence-electron chi connectivity index (χ0n) is 11.5. The minimum Gasteiger partial charge on any atom is -0.323 e. The van der Waals surface area contributed by atoms with Gasteiger partial charge in [0.25, 0.3) is 0 Å². The molecule has 21 heavy (non-hydrogen) atoms. The summed E-state index contributed by atoms with van der Waals surface area (Å²) in [6, 6.07) is 11.1. The van der Waals surface area contributed by atoms with E-state index in [0.717, 1.165) is 17.7 Å². The van der Waals surface area contributed by atoms with E-state index in [4.69, 9.17) is 0 Å². The molecule has 0 aromatic heterocycles. The number of hydrogen-bond donors (Lipinski definition) is 1. The Morgan fingerprint density at radius 2 is 2.00 bits per heavy atom.